The summed E-state index contributed by atoms with van der Waals surface area (Å²) in [4.78, 5) is 78.2. The molecule has 4 heterocycles. The summed E-state index contributed by atoms with van der Waals surface area (Å²) in [5.41, 5.74) is 0.310. The number of rotatable bonds is 11. The molecule has 7 rings (SSSR count). The van der Waals surface area contributed by atoms with Gasteiger partial charge in [0.2, 0.25) is 17.8 Å². The summed E-state index contributed by atoms with van der Waals surface area (Å²) >= 11 is 6.24. The van der Waals surface area contributed by atoms with Crippen LogP contribution in [0, 0.1) is 22.2 Å². The molecule has 2 saturated heterocycles. The first kappa shape index (κ1) is 40.6. The molecule has 3 fully saturated rings. The van der Waals surface area contributed by atoms with E-state index in [1.807, 2.05) is 0 Å². The molecule has 4 aliphatic rings. The van der Waals surface area contributed by atoms with Gasteiger partial charge in [-0.3, -0.25) is 39.1 Å². The Morgan fingerprint density at radius 3 is 2.26 bits per heavy atom. The normalized spacial score (nSPS) is 25.0. The first-order valence-corrected chi connectivity index (χ1v) is 19.9. The minimum absolute atomic E-state index is 0.0593. The molecule has 0 bridgehead atoms. The molecule has 1 saturated carbocycles. The number of piperidine rings is 1. The highest BCUT2D eigenvalue weighted by molar-refractivity contribution is 6.31. The third kappa shape index (κ3) is 7.46. The van der Waals surface area contributed by atoms with Gasteiger partial charge in [-0.2, -0.15) is 5.26 Å². The van der Waals surface area contributed by atoms with E-state index >= 15 is 0 Å². The second-order valence-corrected chi connectivity index (χ2v) is 17.2. The van der Waals surface area contributed by atoms with Crippen molar-refractivity contribution in [2.24, 2.45) is 10.8 Å². The van der Waals surface area contributed by atoms with Crippen LogP contribution in [0.3, 0.4) is 0 Å². The van der Waals surface area contributed by atoms with Crippen LogP contribution in [-0.4, -0.2) is 106 Å². The second kappa shape index (κ2) is 15.6. The first-order valence-electron chi connectivity index (χ1n) is 19.5. The topological polar surface area (TPSA) is 187 Å². The maximum atomic E-state index is 13.5. The van der Waals surface area contributed by atoms with E-state index < -0.39 is 40.5 Å². The average molecular weight is 811 g/mol. The predicted octanol–water partition coefficient (Wildman–Crippen LogP) is 4.38. The van der Waals surface area contributed by atoms with Gasteiger partial charge in [-0.05, 0) is 57.0 Å². The lowest BCUT2D eigenvalue weighted by Crippen LogP contribution is -2.74. The summed E-state index contributed by atoms with van der Waals surface area (Å²) in [5, 5.41) is 14.9. The summed E-state index contributed by atoms with van der Waals surface area (Å²) in [6.45, 7) is 15.0. The van der Waals surface area contributed by atoms with E-state index in [1.165, 1.54) is 6.07 Å². The van der Waals surface area contributed by atoms with Crippen LogP contribution >= 0.6 is 11.6 Å². The summed E-state index contributed by atoms with van der Waals surface area (Å²) in [7, 11) is 0. The molecule has 3 atom stereocenters. The van der Waals surface area contributed by atoms with Crippen LogP contribution in [0.4, 0.5) is 5.95 Å². The molecule has 5 amide bonds. The summed E-state index contributed by atoms with van der Waals surface area (Å²) in [6.07, 6.45) is 3.78. The van der Waals surface area contributed by atoms with Gasteiger partial charge in [0.1, 0.15) is 29.7 Å². The van der Waals surface area contributed by atoms with Crippen LogP contribution in [0.1, 0.15) is 97.4 Å². The maximum absolute atomic E-state index is 13.5. The molecular formula is C42H47ClN8O7. The SMILES string of the molecule is C[C@@H]1CN(c2ncc(C(=O)NC3C(C)(C)C(Oc4ccc(C#N)c(Cl)c4)C3(C)C)cn2)C[C@H](C)N1CCCOc1ccc2c(c1)C(=O)N(C1CCC(=O)NC1=O)C2=O. The quantitative estimate of drug-likeness (QED) is 0.206. The predicted molar refractivity (Wildman–Crippen MR) is 212 cm³/mol. The van der Waals surface area contributed by atoms with Crippen molar-refractivity contribution in [1.82, 2.24) is 30.4 Å². The van der Waals surface area contributed by atoms with E-state index in [2.05, 4.69) is 78.0 Å². The highest BCUT2D eigenvalue weighted by Gasteiger charge is 2.64. The van der Waals surface area contributed by atoms with E-state index in [1.54, 1.807) is 42.7 Å². The van der Waals surface area contributed by atoms with E-state index in [-0.39, 0.29) is 54.1 Å². The van der Waals surface area contributed by atoms with Crippen LogP contribution in [0.25, 0.3) is 0 Å². The Bertz CT molecular complexity index is 2180. The molecule has 2 N–H and O–H groups in total. The zero-order chi connectivity index (χ0) is 41.7. The number of halogens is 1. The summed E-state index contributed by atoms with van der Waals surface area (Å²) < 4.78 is 12.3. The summed E-state index contributed by atoms with van der Waals surface area (Å²) in [6, 6.07) is 10.9. The fourth-order valence-corrected chi connectivity index (χ4v) is 9.56. The number of carbonyl (C=O) groups excluding carboxylic acids is 5. The maximum Gasteiger partial charge on any atom is 0.262 e. The number of amides is 5. The van der Waals surface area contributed by atoms with Gasteiger partial charge in [-0.15, -0.1) is 0 Å². The Hall–Kier alpha value is -5.59. The van der Waals surface area contributed by atoms with Crippen LogP contribution in [-0.2, 0) is 9.59 Å². The van der Waals surface area contributed by atoms with Gasteiger partial charge in [0.05, 0.1) is 33.9 Å². The Kier molecular flexibility index (Phi) is 10.9. The number of ether oxygens (including phenoxy) is 2. The lowest BCUT2D eigenvalue weighted by atomic mass is 9.49. The molecule has 3 aromatic rings. The minimum atomic E-state index is -1.02. The third-order valence-electron chi connectivity index (χ3n) is 12.0. The molecule has 304 valence electrons. The Balaban J connectivity index is 0.883. The zero-order valence-electron chi connectivity index (χ0n) is 33.4. The smallest absolute Gasteiger partial charge is 0.262 e. The van der Waals surface area contributed by atoms with E-state index in [0.29, 0.717) is 59.7 Å². The lowest BCUT2D eigenvalue weighted by Gasteiger charge is -2.63. The van der Waals surface area contributed by atoms with Crippen LogP contribution in [0.2, 0.25) is 5.02 Å². The van der Waals surface area contributed by atoms with Gasteiger partial charge in [0, 0.05) is 73.5 Å². The number of benzene rings is 2. The van der Waals surface area contributed by atoms with Crippen molar-refractivity contribution >= 4 is 47.1 Å². The second-order valence-electron chi connectivity index (χ2n) is 16.8. The molecule has 1 unspecified atom stereocenters. The van der Waals surface area contributed by atoms with Gasteiger partial charge >= 0.3 is 0 Å². The number of aromatic nitrogens is 2. The van der Waals surface area contributed by atoms with Crippen molar-refractivity contribution in [3.05, 3.63) is 76.1 Å². The van der Waals surface area contributed by atoms with Crippen LogP contribution in [0.5, 0.6) is 11.5 Å². The number of hydrogen-bond acceptors (Lipinski definition) is 12. The highest BCUT2D eigenvalue weighted by atomic mass is 35.5. The largest absolute Gasteiger partial charge is 0.494 e. The molecule has 2 aromatic carbocycles. The summed E-state index contributed by atoms with van der Waals surface area (Å²) in [5.74, 6) is -0.884. The number of piperazine rings is 1. The standard InChI is InChI=1S/C42H47ClN8O7/c1-23-21-49(40-45-19-26(20-46-40)34(53)48-38-41(3,4)39(42(38,5)6)58-28-9-8-25(18-44)31(43)17-28)22-24(2)50(23)14-7-15-57-27-10-11-29-30(16-27)37(56)51(36(29)55)32-12-13-33(52)47-35(32)54/h8-11,16-17,19-20,23-24,32,38-39H,7,12-15,21-22H2,1-6H3,(H,48,53)(H,47,52,54)/t23-,24+,32?,38?,39?. The number of nitriles is 1. The molecule has 0 radical (unpaired) electrons. The van der Waals surface area contributed by atoms with Crippen molar-refractivity contribution in [3.63, 3.8) is 0 Å². The van der Waals surface area contributed by atoms with Gasteiger partial charge in [-0.25, -0.2) is 9.97 Å². The lowest BCUT2D eigenvalue weighted by molar-refractivity contribution is -0.164. The Labute approximate surface area is 342 Å². The molecular weight excluding hydrogens is 764 g/mol. The van der Waals surface area contributed by atoms with E-state index in [0.717, 1.165) is 11.4 Å². The van der Waals surface area contributed by atoms with E-state index in [9.17, 15) is 29.2 Å². The molecule has 1 aromatic heterocycles. The number of nitrogens with zero attached hydrogens (tertiary/aromatic N) is 6. The molecule has 15 nitrogen and oxygen atoms in total. The molecule has 3 aliphatic heterocycles. The van der Waals surface area contributed by atoms with Crippen molar-refractivity contribution in [1.29, 1.82) is 5.26 Å². The number of fused-ring (bicyclic) bond motifs is 1. The first-order chi connectivity index (χ1) is 27.5. The number of nitrogens with one attached hydrogen (secondary N) is 2. The molecule has 16 heteroatoms. The Morgan fingerprint density at radius 1 is 0.966 bits per heavy atom. The van der Waals surface area contributed by atoms with Crippen molar-refractivity contribution < 1.29 is 33.4 Å². The number of anilines is 1. The van der Waals surface area contributed by atoms with Crippen LogP contribution < -0.4 is 25.0 Å². The molecule has 58 heavy (non-hydrogen) atoms. The number of hydrogen-bond donors (Lipinski definition) is 2. The van der Waals surface area contributed by atoms with Gasteiger partial charge < -0.3 is 19.7 Å². The third-order valence-corrected chi connectivity index (χ3v) is 12.3. The molecule has 0 spiro atoms. The fourth-order valence-electron chi connectivity index (χ4n) is 9.35. The zero-order valence-corrected chi connectivity index (χ0v) is 34.1. The number of imide groups is 2. The Morgan fingerprint density at radius 2 is 1.62 bits per heavy atom. The average Bonchev–Trinajstić information content (AvgIpc) is 3.42. The minimum Gasteiger partial charge on any atom is -0.494 e. The van der Waals surface area contributed by atoms with Crippen molar-refractivity contribution in [2.75, 3.05) is 31.1 Å². The monoisotopic (exact) mass is 810 g/mol. The van der Waals surface area contributed by atoms with Gasteiger partial charge in [0.15, 0.2) is 0 Å². The molecule has 1 aliphatic carbocycles. The van der Waals surface area contributed by atoms with Crippen molar-refractivity contribution in [3.8, 4) is 17.6 Å². The van der Waals surface area contributed by atoms with Gasteiger partial charge in [0.25, 0.3) is 17.7 Å². The van der Waals surface area contributed by atoms with E-state index in [4.69, 9.17) is 21.1 Å². The highest BCUT2D eigenvalue weighted by Crippen LogP contribution is 2.55. The van der Waals surface area contributed by atoms with Gasteiger partial charge in [-0.1, -0.05) is 39.3 Å². The van der Waals surface area contributed by atoms with Crippen LogP contribution in [0.15, 0.2) is 48.8 Å². The van der Waals surface area contributed by atoms with Crippen molar-refractivity contribution in [2.45, 2.75) is 91.1 Å². The fraction of sp³-hybridized carbons (Fsp3) is 0.476. The number of carbonyl (C=O) groups is 5.